The van der Waals surface area contributed by atoms with Crippen LogP contribution in [0.2, 0.25) is 0 Å². The van der Waals surface area contributed by atoms with Gasteiger partial charge in [0.05, 0.1) is 0 Å². The molecule has 0 bridgehead atoms. The average molecular weight is 150 g/mol. The molecule has 0 heterocycles. The van der Waals surface area contributed by atoms with Crippen LogP contribution in [0.4, 0.5) is 0 Å². The molecule has 0 N–H and O–H groups in total. The second kappa shape index (κ2) is 2.12. The molecule has 0 saturated heterocycles. The Morgan fingerprint density at radius 3 is 2.82 bits per heavy atom. The lowest BCUT2D eigenvalue weighted by Crippen LogP contribution is -2.14. The summed E-state index contributed by atoms with van der Waals surface area (Å²) in [6.07, 6.45) is 5.79. The highest BCUT2D eigenvalue weighted by atomic mass is 14.6. The molecular weight excluding hydrogens is 132 g/mol. The molecule has 0 aliphatic heterocycles. The maximum atomic E-state index is 4.05. The number of fused-ring (bicyclic) bond motifs is 1. The van der Waals surface area contributed by atoms with Gasteiger partial charge in [-0.05, 0) is 49.9 Å². The van der Waals surface area contributed by atoms with Crippen LogP contribution in [0.5, 0.6) is 0 Å². The fourth-order valence-corrected chi connectivity index (χ4v) is 2.59. The predicted molar refractivity (Wildman–Crippen MR) is 48.4 cm³/mol. The first-order valence-corrected chi connectivity index (χ1v) is 4.77. The molecule has 2 rings (SSSR count). The molecule has 62 valence electrons. The Balaban J connectivity index is 1.98. The van der Waals surface area contributed by atoms with Gasteiger partial charge in [0.2, 0.25) is 0 Å². The van der Waals surface area contributed by atoms with Gasteiger partial charge in [0.25, 0.3) is 0 Å². The summed E-state index contributed by atoms with van der Waals surface area (Å²) in [5.41, 5.74) is 2.19. The third-order valence-electron chi connectivity index (χ3n) is 3.87. The molecule has 0 aromatic rings. The summed E-state index contributed by atoms with van der Waals surface area (Å²) in [5.74, 6) is 1.91. The zero-order chi connectivity index (χ0) is 8.06. The molecule has 0 unspecified atom stereocenters. The van der Waals surface area contributed by atoms with E-state index in [0.29, 0.717) is 0 Å². The summed E-state index contributed by atoms with van der Waals surface area (Å²) in [4.78, 5) is 0. The van der Waals surface area contributed by atoms with E-state index in [1.165, 1.54) is 31.3 Å². The lowest BCUT2D eigenvalue weighted by molar-refractivity contribution is 0.307. The van der Waals surface area contributed by atoms with Gasteiger partial charge in [-0.3, -0.25) is 0 Å². The number of rotatable bonds is 1. The van der Waals surface area contributed by atoms with Crippen molar-refractivity contribution in [1.29, 1.82) is 0 Å². The van der Waals surface area contributed by atoms with Gasteiger partial charge in [-0.1, -0.05) is 19.1 Å². The van der Waals surface area contributed by atoms with Gasteiger partial charge in [-0.2, -0.15) is 0 Å². The van der Waals surface area contributed by atoms with Crippen molar-refractivity contribution < 1.29 is 0 Å². The number of allylic oxidation sites excluding steroid dienone is 1. The van der Waals surface area contributed by atoms with Crippen molar-refractivity contribution in [3.8, 4) is 0 Å². The molecule has 0 amide bonds. The van der Waals surface area contributed by atoms with Crippen molar-refractivity contribution in [1.82, 2.24) is 0 Å². The third kappa shape index (κ3) is 1.13. The van der Waals surface area contributed by atoms with Crippen LogP contribution in [0, 0.1) is 17.3 Å². The molecule has 2 saturated carbocycles. The standard InChI is InChI=1S/C11H18/c1-8(2)9-4-5-11(3)7-10(11)6-9/h9-10H,1,4-7H2,2-3H3/t9-,10-,11+/m0/s1. The first-order chi connectivity index (χ1) is 5.12. The third-order valence-corrected chi connectivity index (χ3v) is 3.87. The van der Waals surface area contributed by atoms with E-state index in [0.717, 1.165) is 17.3 Å². The van der Waals surface area contributed by atoms with E-state index in [4.69, 9.17) is 0 Å². The average Bonchev–Trinajstić information content (AvgIpc) is 2.58. The summed E-state index contributed by atoms with van der Waals surface area (Å²) >= 11 is 0. The Hall–Kier alpha value is -0.260. The second-order valence-electron chi connectivity index (χ2n) is 4.87. The first kappa shape index (κ1) is 7.39. The second-order valence-corrected chi connectivity index (χ2v) is 4.87. The largest absolute Gasteiger partial charge is 0.0999 e. The van der Waals surface area contributed by atoms with Gasteiger partial charge in [0, 0.05) is 0 Å². The van der Waals surface area contributed by atoms with Crippen LogP contribution < -0.4 is 0 Å². The maximum absolute atomic E-state index is 4.05. The Kier molecular flexibility index (Phi) is 1.42. The van der Waals surface area contributed by atoms with Crippen molar-refractivity contribution in [2.45, 2.75) is 39.5 Å². The smallest absolute Gasteiger partial charge is 0.0206 e. The number of hydrogen-bond acceptors (Lipinski definition) is 0. The minimum absolute atomic E-state index is 0.770. The summed E-state index contributed by atoms with van der Waals surface area (Å²) in [6, 6.07) is 0. The Bertz CT molecular complexity index is 192. The van der Waals surface area contributed by atoms with Gasteiger partial charge in [-0.15, -0.1) is 0 Å². The normalized spacial score (nSPS) is 48.2. The zero-order valence-corrected chi connectivity index (χ0v) is 7.69. The summed E-state index contributed by atoms with van der Waals surface area (Å²) < 4.78 is 0. The van der Waals surface area contributed by atoms with Crippen LogP contribution in [0.3, 0.4) is 0 Å². The van der Waals surface area contributed by atoms with Crippen LogP contribution in [0.25, 0.3) is 0 Å². The van der Waals surface area contributed by atoms with Crippen LogP contribution in [-0.2, 0) is 0 Å². The molecule has 0 aromatic heterocycles. The minimum Gasteiger partial charge on any atom is -0.0999 e. The van der Waals surface area contributed by atoms with Gasteiger partial charge < -0.3 is 0 Å². The van der Waals surface area contributed by atoms with Crippen molar-refractivity contribution in [2.24, 2.45) is 17.3 Å². The van der Waals surface area contributed by atoms with Crippen molar-refractivity contribution in [3.05, 3.63) is 12.2 Å². The van der Waals surface area contributed by atoms with Crippen molar-refractivity contribution >= 4 is 0 Å². The fraction of sp³-hybridized carbons (Fsp3) is 0.818. The van der Waals surface area contributed by atoms with E-state index in [2.05, 4.69) is 20.4 Å². The topological polar surface area (TPSA) is 0 Å². The maximum Gasteiger partial charge on any atom is -0.0206 e. The van der Waals surface area contributed by atoms with Crippen molar-refractivity contribution in [3.63, 3.8) is 0 Å². The summed E-state index contributed by atoms with van der Waals surface area (Å²) in [7, 11) is 0. The van der Waals surface area contributed by atoms with E-state index in [1.54, 1.807) is 0 Å². The van der Waals surface area contributed by atoms with Gasteiger partial charge >= 0.3 is 0 Å². The van der Waals surface area contributed by atoms with Gasteiger partial charge in [0.1, 0.15) is 0 Å². The van der Waals surface area contributed by atoms with E-state index in [1.807, 2.05) is 0 Å². The quantitative estimate of drug-likeness (QED) is 0.503. The number of hydrogen-bond donors (Lipinski definition) is 0. The van der Waals surface area contributed by atoms with E-state index < -0.39 is 0 Å². The van der Waals surface area contributed by atoms with E-state index >= 15 is 0 Å². The fourth-order valence-electron chi connectivity index (χ4n) is 2.59. The van der Waals surface area contributed by atoms with E-state index in [9.17, 15) is 0 Å². The van der Waals surface area contributed by atoms with E-state index in [-0.39, 0.29) is 0 Å². The monoisotopic (exact) mass is 150 g/mol. The summed E-state index contributed by atoms with van der Waals surface area (Å²) in [6.45, 7) is 8.70. The molecule has 0 spiro atoms. The minimum atomic E-state index is 0.770. The highest BCUT2D eigenvalue weighted by Gasteiger charge is 2.52. The van der Waals surface area contributed by atoms with Crippen LogP contribution in [-0.4, -0.2) is 0 Å². The molecule has 3 atom stereocenters. The SMILES string of the molecule is C=C(C)[C@H]1CC[C@]2(C)C[C@@H]2C1. The molecule has 0 radical (unpaired) electrons. The molecule has 2 aliphatic carbocycles. The van der Waals surface area contributed by atoms with Gasteiger partial charge in [0.15, 0.2) is 0 Å². The van der Waals surface area contributed by atoms with Crippen LogP contribution >= 0.6 is 0 Å². The first-order valence-electron chi connectivity index (χ1n) is 4.77. The Morgan fingerprint density at radius 1 is 1.55 bits per heavy atom. The molecule has 0 nitrogen and oxygen atoms in total. The zero-order valence-electron chi connectivity index (χ0n) is 7.69. The Morgan fingerprint density at radius 2 is 2.27 bits per heavy atom. The molecular formula is C11H18. The predicted octanol–water partition coefficient (Wildman–Crippen LogP) is 3.39. The molecule has 0 aromatic carbocycles. The lowest BCUT2D eigenvalue weighted by Gasteiger charge is -2.25. The molecule has 11 heavy (non-hydrogen) atoms. The molecule has 2 aliphatic rings. The lowest BCUT2D eigenvalue weighted by atomic mass is 9.80. The molecule has 2 fully saturated rings. The van der Waals surface area contributed by atoms with Crippen molar-refractivity contribution in [2.75, 3.05) is 0 Å². The molecule has 0 heteroatoms. The Labute approximate surface area is 69.7 Å². The summed E-state index contributed by atoms with van der Waals surface area (Å²) in [5, 5.41) is 0. The van der Waals surface area contributed by atoms with Crippen LogP contribution in [0.15, 0.2) is 12.2 Å². The highest BCUT2D eigenvalue weighted by Crippen LogP contribution is 2.62. The highest BCUT2D eigenvalue weighted by molar-refractivity contribution is 5.09. The van der Waals surface area contributed by atoms with Crippen LogP contribution in [0.1, 0.15) is 39.5 Å². The van der Waals surface area contributed by atoms with Gasteiger partial charge in [-0.25, -0.2) is 0 Å².